The fourth-order valence-electron chi connectivity index (χ4n) is 3.55. The third kappa shape index (κ3) is 6.43. The summed E-state index contributed by atoms with van der Waals surface area (Å²) in [5, 5.41) is 1.29. The van der Waals surface area contributed by atoms with Gasteiger partial charge in [-0.25, -0.2) is 24.4 Å². The van der Waals surface area contributed by atoms with E-state index in [9.17, 15) is 13.6 Å². The predicted molar refractivity (Wildman–Crippen MR) is 117 cm³/mol. The van der Waals surface area contributed by atoms with Crippen molar-refractivity contribution >= 4 is 17.5 Å². The minimum Gasteiger partial charge on any atom is -0.443 e. The van der Waals surface area contributed by atoms with Crippen molar-refractivity contribution in [3.8, 4) is 0 Å². The maximum atomic E-state index is 13.9. The number of aromatic nitrogens is 1. The molecule has 0 aliphatic carbocycles. The molecule has 1 fully saturated rings. The third-order valence-electron chi connectivity index (χ3n) is 5.23. The maximum absolute atomic E-state index is 13.9. The fourth-order valence-corrected chi connectivity index (χ4v) is 3.55. The van der Waals surface area contributed by atoms with E-state index in [0.29, 0.717) is 48.7 Å². The molecular formula is C21H34F2N6O2. The molecule has 4 N–H and O–H groups in total. The van der Waals surface area contributed by atoms with Crippen LogP contribution in [0, 0.1) is 0 Å². The second-order valence-corrected chi connectivity index (χ2v) is 7.84. The Balaban J connectivity index is 2.27. The van der Waals surface area contributed by atoms with Crippen LogP contribution in [0.25, 0.3) is 5.70 Å². The summed E-state index contributed by atoms with van der Waals surface area (Å²) in [5.41, 5.74) is 8.79. The molecule has 2 rings (SSSR count). The molecule has 0 unspecified atom stereocenters. The molecule has 2 heterocycles. The molecule has 0 radical (unpaired) electrons. The summed E-state index contributed by atoms with van der Waals surface area (Å²) in [4.78, 5) is 19.9. The highest BCUT2D eigenvalue weighted by molar-refractivity contribution is 5.69. The van der Waals surface area contributed by atoms with E-state index in [0.717, 1.165) is 6.42 Å². The lowest BCUT2D eigenvalue weighted by Crippen LogP contribution is -2.43. The monoisotopic (exact) mass is 440 g/mol. The lowest BCUT2D eigenvalue weighted by Gasteiger charge is -2.35. The van der Waals surface area contributed by atoms with E-state index in [2.05, 4.69) is 4.98 Å². The molecule has 0 aromatic carbocycles. The van der Waals surface area contributed by atoms with E-state index in [1.54, 1.807) is 31.1 Å². The first-order chi connectivity index (χ1) is 14.6. The van der Waals surface area contributed by atoms with Gasteiger partial charge in [-0.3, -0.25) is 0 Å². The number of rotatable bonds is 8. The summed E-state index contributed by atoms with van der Waals surface area (Å²) in [6.45, 7) is 4.59. The van der Waals surface area contributed by atoms with Crippen LogP contribution in [-0.2, 0) is 11.2 Å². The first kappa shape index (κ1) is 24.6. The Bertz CT molecular complexity index is 800. The Hall–Kier alpha value is -2.62. The molecule has 0 saturated carbocycles. The summed E-state index contributed by atoms with van der Waals surface area (Å²) in [6, 6.07) is 3.45. The number of hydrogen-bond acceptors (Lipinski definition) is 7. The van der Waals surface area contributed by atoms with Crippen molar-refractivity contribution in [1.29, 1.82) is 0 Å². The van der Waals surface area contributed by atoms with Crippen LogP contribution >= 0.6 is 0 Å². The van der Waals surface area contributed by atoms with E-state index in [-0.39, 0.29) is 25.3 Å². The molecular weight excluding hydrogens is 406 g/mol. The molecule has 0 atom stereocenters. The Morgan fingerprint density at radius 1 is 1.32 bits per heavy atom. The first-order valence-electron chi connectivity index (χ1n) is 10.6. The Morgan fingerprint density at radius 3 is 2.61 bits per heavy atom. The van der Waals surface area contributed by atoms with Crippen molar-refractivity contribution in [2.45, 2.75) is 45.5 Å². The van der Waals surface area contributed by atoms with Crippen LogP contribution in [0.3, 0.4) is 0 Å². The minimum absolute atomic E-state index is 0.0927. The number of carbonyl (C=O) groups is 1. The number of nitrogens with two attached hydrogens (primary N) is 2. The quantitative estimate of drug-likeness (QED) is 0.473. The molecule has 1 saturated heterocycles. The van der Waals surface area contributed by atoms with E-state index < -0.39 is 12.0 Å². The number of pyridine rings is 1. The molecule has 174 valence electrons. The van der Waals surface area contributed by atoms with Gasteiger partial charge in [-0.05, 0) is 31.4 Å². The van der Waals surface area contributed by atoms with Gasteiger partial charge in [-0.2, -0.15) is 0 Å². The maximum Gasteiger partial charge on any atom is 0.409 e. The molecule has 10 heteroatoms. The van der Waals surface area contributed by atoms with E-state index in [4.69, 9.17) is 16.3 Å². The van der Waals surface area contributed by atoms with Gasteiger partial charge in [0.05, 0.1) is 35.0 Å². The normalized spacial score (nSPS) is 16.5. The number of carbonyl (C=O) groups excluding carboxylic acids is 1. The molecule has 31 heavy (non-hydrogen) atoms. The van der Waals surface area contributed by atoms with E-state index >= 15 is 0 Å². The number of amides is 1. The van der Waals surface area contributed by atoms with Crippen molar-refractivity contribution in [3.63, 3.8) is 0 Å². The van der Waals surface area contributed by atoms with Crippen molar-refractivity contribution in [1.82, 2.24) is 14.9 Å². The molecule has 1 aliphatic heterocycles. The summed E-state index contributed by atoms with van der Waals surface area (Å²) < 4.78 is 33.1. The zero-order chi connectivity index (χ0) is 23.2. The van der Waals surface area contributed by atoms with Crippen LogP contribution in [0.4, 0.5) is 19.3 Å². The number of piperidine rings is 1. The van der Waals surface area contributed by atoms with E-state index in [1.807, 2.05) is 13.8 Å². The summed E-state index contributed by atoms with van der Waals surface area (Å²) in [5.74, 6) is 3.21. The zero-order valence-corrected chi connectivity index (χ0v) is 18.8. The average Bonchev–Trinajstić information content (AvgIpc) is 2.72. The highest BCUT2D eigenvalue weighted by Gasteiger charge is 2.36. The smallest absolute Gasteiger partial charge is 0.409 e. The molecule has 0 spiro atoms. The topological polar surface area (TPSA) is 101 Å². The van der Waals surface area contributed by atoms with Crippen LogP contribution in [0.1, 0.15) is 44.5 Å². The Labute approximate surface area is 182 Å². The Morgan fingerprint density at radius 2 is 2.03 bits per heavy atom. The average molecular weight is 441 g/mol. The van der Waals surface area contributed by atoms with Crippen LogP contribution in [-0.4, -0.2) is 67.2 Å². The van der Waals surface area contributed by atoms with Crippen molar-refractivity contribution in [3.05, 3.63) is 29.2 Å². The number of anilines is 1. The van der Waals surface area contributed by atoms with Crippen LogP contribution in [0.2, 0.25) is 0 Å². The first-order valence-corrected chi connectivity index (χ1v) is 10.6. The van der Waals surface area contributed by atoms with Gasteiger partial charge >= 0.3 is 6.09 Å². The van der Waals surface area contributed by atoms with Gasteiger partial charge in [0.15, 0.2) is 0 Å². The van der Waals surface area contributed by atoms with Gasteiger partial charge in [-0.1, -0.05) is 13.8 Å². The lowest BCUT2D eigenvalue weighted by atomic mass is 10.1. The predicted octanol–water partition coefficient (Wildman–Crippen LogP) is 2.79. The molecule has 0 bridgehead atoms. The second kappa shape index (κ2) is 10.6. The number of aryl methyl sites for hydroxylation is 1. The molecule has 1 aliphatic rings. The Kier molecular flexibility index (Phi) is 8.43. The van der Waals surface area contributed by atoms with Crippen LogP contribution < -0.4 is 16.5 Å². The number of ether oxygens (including phenoxy) is 1. The highest BCUT2D eigenvalue weighted by Crippen LogP contribution is 2.32. The minimum atomic E-state index is -2.70. The molecule has 1 aromatic rings. The number of alkyl halides is 2. The molecule has 1 aromatic heterocycles. The largest absolute Gasteiger partial charge is 0.443 e. The van der Waals surface area contributed by atoms with E-state index in [1.165, 1.54) is 9.91 Å². The summed E-state index contributed by atoms with van der Waals surface area (Å²) in [6.07, 6.45) is 1.23. The van der Waals surface area contributed by atoms with Gasteiger partial charge < -0.3 is 25.3 Å². The van der Waals surface area contributed by atoms with Crippen LogP contribution in [0.15, 0.2) is 17.8 Å². The van der Waals surface area contributed by atoms with Gasteiger partial charge in [0, 0.05) is 33.6 Å². The van der Waals surface area contributed by atoms with Gasteiger partial charge in [0.1, 0.15) is 6.61 Å². The van der Waals surface area contributed by atoms with Gasteiger partial charge in [0.25, 0.3) is 5.92 Å². The number of nitrogens with zero attached hydrogens (tertiary/aromatic N) is 4. The van der Waals surface area contributed by atoms with Crippen molar-refractivity contribution < 1.29 is 18.3 Å². The number of halogens is 2. The fraction of sp³-hybridized carbons (Fsp3) is 0.619. The van der Waals surface area contributed by atoms with Crippen LogP contribution in [0.5, 0.6) is 0 Å². The second-order valence-electron chi connectivity index (χ2n) is 7.84. The number of hydrazine groups is 1. The third-order valence-corrected chi connectivity index (χ3v) is 5.23. The molecule has 8 nitrogen and oxygen atoms in total. The number of hydrogen-bond donors (Lipinski definition) is 2. The molecule has 1 amide bonds. The lowest BCUT2D eigenvalue weighted by molar-refractivity contribution is -0.0117. The van der Waals surface area contributed by atoms with Gasteiger partial charge in [0.2, 0.25) is 0 Å². The van der Waals surface area contributed by atoms with Gasteiger partial charge in [-0.15, -0.1) is 0 Å². The zero-order valence-electron chi connectivity index (χ0n) is 18.8. The highest BCUT2D eigenvalue weighted by atomic mass is 19.3. The standard InChI is InChI=1S/C21H34F2N6O2/c1-5-11-27(3)20(30)31-13-18(28(4)25)19(24)16-8-9-17(15(6-2)26-16)29-12-7-10-21(22,23)14-29/h8-9H,5-7,10-14,24-25H2,1-4H3/b19-18-. The van der Waals surface area contributed by atoms with Crippen molar-refractivity contribution in [2.75, 3.05) is 45.2 Å². The SMILES string of the molecule is CCCN(C)C(=O)OC/C(=C(/N)c1ccc(N2CCCC(F)(F)C2)c(CC)n1)N(C)N. The summed E-state index contributed by atoms with van der Waals surface area (Å²) >= 11 is 0. The summed E-state index contributed by atoms with van der Waals surface area (Å²) in [7, 11) is 3.25. The number of likely N-dealkylation sites (N-methyl/N-ethyl adjacent to an activating group) is 1. The van der Waals surface area contributed by atoms with Crippen molar-refractivity contribution in [2.24, 2.45) is 11.6 Å².